The summed E-state index contributed by atoms with van der Waals surface area (Å²) in [6.45, 7) is 8.77. The van der Waals surface area contributed by atoms with Crippen molar-refractivity contribution in [3.8, 4) is 0 Å². The third-order valence-corrected chi connectivity index (χ3v) is 5.92. The van der Waals surface area contributed by atoms with Gasteiger partial charge in [0.25, 0.3) is 0 Å². The number of hydrogen-bond donors (Lipinski definition) is 1. The molecule has 1 N–H and O–H groups in total. The van der Waals surface area contributed by atoms with Crippen LogP contribution in [0.25, 0.3) is 0 Å². The lowest BCUT2D eigenvalue weighted by Gasteiger charge is -2.31. The number of hydrogen-bond acceptors (Lipinski definition) is 4. The van der Waals surface area contributed by atoms with Gasteiger partial charge >= 0.3 is 0 Å². The van der Waals surface area contributed by atoms with Crippen molar-refractivity contribution in [1.29, 1.82) is 0 Å². The van der Waals surface area contributed by atoms with Gasteiger partial charge in [-0.2, -0.15) is 0 Å². The summed E-state index contributed by atoms with van der Waals surface area (Å²) in [5, 5.41) is 4.83. The summed E-state index contributed by atoms with van der Waals surface area (Å²) in [4.78, 5) is 8.49. The molecule has 1 saturated carbocycles. The molecule has 0 amide bonds. The average Bonchev–Trinajstić information content (AvgIpc) is 2.83. The molecule has 0 saturated heterocycles. The SMILES string of the molecule is Cc1nc(C)c(C(C)NCCCN(C)C2CCCCC2)s1. The van der Waals surface area contributed by atoms with Gasteiger partial charge in [0.15, 0.2) is 0 Å². The minimum absolute atomic E-state index is 0.427. The molecule has 0 radical (unpaired) electrons. The molecule has 1 heterocycles. The van der Waals surface area contributed by atoms with E-state index in [4.69, 9.17) is 0 Å². The van der Waals surface area contributed by atoms with E-state index in [1.165, 1.54) is 60.6 Å². The Kier molecular flexibility index (Phi) is 6.65. The first-order chi connectivity index (χ1) is 10.1. The highest BCUT2D eigenvalue weighted by Crippen LogP contribution is 2.24. The van der Waals surface area contributed by atoms with E-state index >= 15 is 0 Å². The number of aromatic nitrogens is 1. The Balaban J connectivity index is 1.66. The summed E-state index contributed by atoms with van der Waals surface area (Å²) in [7, 11) is 2.30. The van der Waals surface area contributed by atoms with E-state index in [0.717, 1.165) is 12.6 Å². The zero-order chi connectivity index (χ0) is 15.2. The van der Waals surface area contributed by atoms with Crippen LogP contribution in [0.15, 0.2) is 0 Å². The lowest BCUT2D eigenvalue weighted by molar-refractivity contribution is 0.189. The monoisotopic (exact) mass is 309 g/mol. The molecule has 1 aromatic rings. The Bertz CT molecular complexity index is 424. The first-order valence-corrected chi connectivity index (χ1v) is 9.27. The molecule has 4 heteroatoms. The quantitative estimate of drug-likeness (QED) is 0.770. The minimum Gasteiger partial charge on any atom is -0.309 e. The molecule has 1 fully saturated rings. The van der Waals surface area contributed by atoms with Gasteiger partial charge in [-0.25, -0.2) is 4.98 Å². The fourth-order valence-electron chi connectivity index (χ4n) is 3.39. The number of nitrogens with zero attached hydrogens (tertiary/aromatic N) is 2. The lowest BCUT2D eigenvalue weighted by Crippen LogP contribution is -2.35. The predicted molar refractivity (Wildman–Crippen MR) is 92.1 cm³/mol. The van der Waals surface area contributed by atoms with Crippen molar-refractivity contribution in [3.05, 3.63) is 15.6 Å². The fourth-order valence-corrected chi connectivity index (χ4v) is 4.35. The standard InChI is InChI=1S/C17H31N3S/c1-13(17-14(2)19-15(3)21-17)18-11-8-12-20(4)16-9-6-5-7-10-16/h13,16,18H,5-12H2,1-4H3. The normalized spacial score (nSPS) is 18.3. The van der Waals surface area contributed by atoms with Gasteiger partial charge in [0.1, 0.15) is 0 Å². The van der Waals surface area contributed by atoms with Crippen LogP contribution in [0.1, 0.15) is 67.1 Å². The Morgan fingerprint density at radius 3 is 2.62 bits per heavy atom. The summed E-state index contributed by atoms with van der Waals surface area (Å²) in [5.41, 5.74) is 1.19. The molecule has 1 aromatic heterocycles. The topological polar surface area (TPSA) is 28.2 Å². The molecule has 0 aliphatic heterocycles. The zero-order valence-electron chi connectivity index (χ0n) is 14.1. The van der Waals surface area contributed by atoms with Gasteiger partial charge in [0.2, 0.25) is 0 Å². The van der Waals surface area contributed by atoms with Crippen LogP contribution in [0, 0.1) is 13.8 Å². The Morgan fingerprint density at radius 2 is 2.00 bits per heavy atom. The van der Waals surface area contributed by atoms with Gasteiger partial charge in [0, 0.05) is 17.0 Å². The van der Waals surface area contributed by atoms with E-state index < -0.39 is 0 Å². The molecule has 1 aliphatic rings. The maximum Gasteiger partial charge on any atom is 0.0900 e. The highest BCUT2D eigenvalue weighted by Gasteiger charge is 2.17. The van der Waals surface area contributed by atoms with Crippen molar-refractivity contribution in [3.63, 3.8) is 0 Å². The number of thiazole rings is 1. The first kappa shape index (κ1) is 16.9. The molecule has 1 aliphatic carbocycles. The van der Waals surface area contributed by atoms with Gasteiger partial charge in [-0.05, 0) is 60.2 Å². The molecule has 21 heavy (non-hydrogen) atoms. The van der Waals surface area contributed by atoms with Crippen molar-refractivity contribution in [2.75, 3.05) is 20.1 Å². The second kappa shape index (κ2) is 8.25. The van der Waals surface area contributed by atoms with Gasteiger partial charge in [0.05, 0.1) is 10.7 Å². The van der Waals surface area contributed by atoms with Crippen molar-refractivity contribution < 1.29 is 0 Å². The van der Waals surface area contributed by atoms with Crippen molar-refractivity contribution in [2.24, 2.45) is 0 Å². The van der Waals surface area contributed by atoms with Crippen LogP contribution < -0.4 is 5.32 Å². The molecule has 0 spiro atoms. The molecule has 2 rings (SSSR count). The van der Waals surface area contributed by atoms with Gasteiger partial charge in [-0.1, -0.05) is 19.3 Å². The van der Waals surface area contributed by atoms with Gasteiger partial charge in [-0.15, -0.1) is 11.3 Å². The molecule has 0 aromatic carbocycles. The van der Waals surface area contributed by atoms with Gasteiger partial charge in [-0.3, -0.25) is 0 Å². The molecule has 3 nitrogen and oxygen atoms in total. The average molecular weight is 310 g/mol. The molecule has 120 valence electrons. The summed E-state index contributed by atoms with van der Waals surface area (Å²) in [6, 6.07) is 1.26. The maximum atomic E-state index is 4.52. The molecular formula is C17H31N3S. The van der Waals surface area contributed by atoms with Crippen LogP contribution in [0.4, 0.5) is 0 Å². The van der Waals surface area contributed by atoms with Crippen LogP contribution >= 0.6 is 11.3 Å². The molecule has 0 bridgehead atoms. The van der Waals surface area contributed by atoms with Crippen LogP contribution in [-0.4, -0.2) is 36.1 Å². The number of nitrogens with one attached hydrogen (secondary N) is 1. The smallest absolute Gasteiger partial charge is 0.0900 e. The van der Waals surface area contributed by atoms with Crippen LogP contribution in [-0.2, 0) is 0 Å². The first-order valence-electron chi connectivity index (χ1n) is 8.45. The number of aryl methyl sites for hydroxylation is 2. The van der Waals surface area contributed by atoms with Crippen LogP contribution in [0.2, 0.25) is 0 Å². The van der Waals surface area contributed by atoms with Crippen LogP contribution in [0.5, 0.6) is 0 Å². The van der Waals surface area contributed by atoms with Gasteiger partial charge < -0.3 is 10.2 Å². The minimum atomic E-state index is 0.427. The second-order valence-electron chi connectivity index (χ2n) is 6.48. The largest absolute Gasteiger partial charge is 0.309 e. The lowest BCUT2D eigenvalue weighted by atomic mass is 9.94. The van der Waals surface area contributed by atoms with E-state index in [1.807, 2.05) is 11.3 Å². The zero-order valence-corrected chi connectivity index (χ0v) is 14.9. The number of rotatable bonds is 7. The summed E-state index contributed by atoms with van der Waals surface area (Å²) < 4.78 is 0. The highest BCUT2D eigenvalue weighted by molar-refractivity contribution is 7.11. The fraction of sp³-hybridized carbons (Fsp3) is 0.824. The van der Waals surface area contributed by atoms with E-state index in [-0.39, 0.29) is 0 Å². The molecule has 1 atom stereocenters. The predicted octanol–water partition coefficient (Wildman–Crippen LogP) is 4.07. The third kappa shape index (κ3) is 5.04. The second-order valence-corrected chi connectivity index (χ2v) is 7.72. The summed E-state index contributed by atoms with van der Waals surface area (Å²) >= 11 is 1.83. The Labute approximate surface area is 134 Å². The molecular weight excluding hydrogens is 278 g/mol. The highest BCUT2D eigenvalue weighted by atomic mass is 32.1. The van der Waals surface area contributed by atoms with E-state index in [1.54, 1.807) is 0 Å². The van der Waals surface area contributed by atoms with E-state index in [2.05, 4.69) is 43.0 Å². The third-order valence-electron chi connectivity index (χ3n) is 4.67. The van der Waals surface area contributed by atoms with Crippen LogP contribution in [0.3, 0.4) is 0 Å². The Hall–Kier alpha value is -0.450. The van der Waals surface area contributed by atoms with Crippen molar-refractivity contribution >= 4 is 11.3 Å². The van der Waals surface area contributed by atoms with E-state index in [0.29, 0.717) is 6.04 Å². The van der Waals surface area contributed by atoms with Crippen molar-refractivity contribution in [1.82, 2.24) is 15.2 Å². The Morgan fingerprint density at radius 1 is 1.29 bits per heavy atom. The summed E-state index contributed by atoms with van der Waals surface area (Å²) in [5.74, 6) is 0. The summed E-state index contributed by atoms with van der Waals surface area (Å²) in [6.07, 6.45) is 8.33. The van der Waals surface area contributed by atoms with Crippen molar-refractivity contribution in [2.45, 2.75) is 71.4 Å². The molecule has 1 unspecified atom stereocenters. The van der Waals surface area contributed by atoms with E-state index in [9.17, 15) is 0 Å². The maximum absolute atomic E-state index is 4.52.